The molecule has 1 aromatic heterocycles. The van der Waals surface area contributed by atoms with E-state index >= 15 is 0 Å². The molecule has 0 unspecified atom stereocenters. The number of nitrogens with zero attached hydrogens (tertiary/aromatic N) is 1. The van der Waals surface area contributed by atoms with E-state index in [1.54, 1.807) is 0 Å². The van der Waals surface area contributed by atoms with Crippen molar-refractivity contribution in [3.05, 3.63) is 47.3 Å². The third-order valence-corrected chi connectivity index (χ3v) is 4.07. The number of unbranched alkanes of at least 4 members (excludes halogenated alkanes) is 1. The molecule has 0 radical (unpaired) electrons. The number of halogens is 1. The van der Waals surface area contributed by atoms with Crippen LogP contribution in [0.2, 0.25) is 0 Å². The number of alkyl halides is 1. The van der Waals surface area contributed by atoms with Crippen LogP contribution in [-0.2, 0) is 13.0 Å². The second-order valence-electron chi connectivity index (χ2n) is 4.62. The Labute approximate surface area is 118 Å². The Morgan fingerprint density at radius 2 is 2.22 bits per heavy atom. The highest BCUT2D eigenvalue weighted by atomic mass is 79.9. The van der Waals surface area contributed by atoms with Gasteiger partial charge in [0.15, 0.2) is 0 Å². The highest BCUT2D eigenvalue weighted by Crippen LogP contribution is 2.27. The molecule has 1 nitrogen and oxygen atoms in total. The van der Waals surface area contributed by atoms with E-state index in [0.717, 1.165) is 18.3 Å². The van der Waals surface area contributed by atoms with Gasteiger partial charge >= 0.3 is 0 Å². The highest BCUT2D eigenvalue weighted by Gasteiger charge is 2.16. The van der Waals surface area contributed by atoms with Crippen molar-refractivity contribution in [2.24, 2.45) is 0 Å². The Morgan fingerprint density at radius 3 is 2.94 bits per heavy atom. The summed E-state index contributed by atoms with van der Waals surface area (Å²) in [5.41, 5.74) is 5.49. The summed E-state index contributed by atoms with van der Waals surface area (Å²) < 4.78 is 2.42. The predicted octanol–water partition coefficient (Wildman–Crippen LogP) is 4.74. The van der Waals surface area contributed by atoms with E-state index < -0.39 is 0 Å². The molecule has 1 heterocycles. The highest BCUT2D eigenvalue weighted by molar-refractivity contribution is 9.09. The summed E-state index contributed by atoms with van der Waals surface area (Å²) in [7, 11) is 0. The van der Waals surface area contributed by atoms with Crippen LogP contribution in [0, 0.1) is 6.92 Å². The Hall–Kier alpha value is -1.02. The third kappa shape index (κ3) is 2.54. The second-order valence-corrected chi connectivity index (χ2v) is 5.41. The number of fused-ring (bicyclic) bond motifs is 1. The maximum atomic E-state index is 3.98. The van der Waals surface area contributed by atoms with Crippen LogP contribution in [0.4, 0.5) is 0 Å². The molecule has 1 aliphatic rings. The molecule has 18 heavy (non-hydrogen) atoms. The smallest absolute Gasteiger partial charge is 0.0449 e. The van der Waals surface area contributed by atoms with Crippen molar-refractivity contribution in [3.8, 4) is 0 Å². The van der Waals surface area contributed by atoms with Gasteiger partial charge in [-0.1, -0.05) is 40.7 Å². The molecule has 0 saturated heterocycles. The molecule has 0 aliphatic heterocycles. The number of aromatic nitrogens is 1. The van der Waals surface area contributed by atoms with Gasteiger partial charge in [0, 0.05) is 23.3 Å². The summed E-state index contributed by atoms with van der Waals surface area (Å²) in [4.78, 5) is 0. The van der Waals surface area contributed by atoms with Gasteiger partial charge in [0.25, 0.3) is 0 Å². The minimum Gasteiger partial charge on any atom is -0.341 e. The third-order valence-electron chi connectivity index (χ3n) is 3.51. The molecule has 0 atom stereocenters. The van der Waals surface area contributed by atoms with Gasteiger partial charge in [0.2, 0.25) is 0 Å². The summed E-state index contributed by atoms with van der Waals surface area (Å²) in [6.45, 7) is 7.26. The molecule has 1 aromatic rings. The van der Waals surface area contributed by atoms with Gasteiger partial charge in [-0.2, -0.15) is 0 Å². The van der Waals surface area contributed by atoms with Crippen molar-refractivity contribution in [3.63, 3.8) is 0 Å². The minimum atomic E-state index is 1.03. The fourth-order valence-corrected chi connectivity index (χ4v) is 2.97. The molecule has 2 rings (SSSR count). The summed E-state index contributed by atoms with van der Waals surface area (Å²) in [5, 5.41) is 1.08. The van der Waals surface area contributed by atoms with Gasteiger partial charge in [0.1, 0.15) is 0 Å². The van der Waals surface area contributed by atoms with Crippen molar-refractivity contribution >= 4 is 28.1 Å². The normalized spacial score (nSPS) is 13.4. The minimum absolute atomic E-state index is 1.03. The van der Waals surface area contributed by atoms with Crippen molar-refractivity contribution in [2.75, 3.05) is 5.33 Å². The largest absolute Gasteiger partial charge is 0.341 e. The van der Waals surface area contributed by atoms with E-state index in [-0.39, 0.29) is 0 Å². The average molecular weight is 306 g/mol. The lowest BCUT2D eigenvalue weighted by Crippen LogP contribution is -2.03. The van der Waals surface area contributed by atoms with Crippen molar-refractivity contribution in [1.29, 1.82) is 0 Å². The molecule has 1 aliphatic carbocycles. The van der Waals surface area contributed by atoms with Crippen LogP contribution in [0.25, 0.3) is 12.2 Å². The first-order valence-corrected chi connectivity index (χ1v) is 7.65. The van der Waals surface area contributed by atoms with Crippen LogP contribution < -0.4 is 0 Å². The molecule has 0 amide bonds. The summed E-state index contributed by atoms with van der Waals surface area (Å²) in [5.74, 6) is 0. The lowest BCUT2D eigenvalue weighted by Gasteiger charge is -2.09. The van der Waals surface area contributed by atoms with Crippen LogP contribution in [0.5, 0.6) is 0 Å². The number of hydrogen-bond donors (Lipinski definition) is 0. The summed E-state index contributed by atoms with van der Waals surface area (Å²) in [6.07, 6.45) is 14.2. The Balaban J connectivity index is 2.40. The molecule has 0 aromatic carbocycles. The van der Waals surface area contributed by atoms with Crippen LogP contribution in [0.3, 0.4) is 0 Å². The summed E-state index contributed by atoms with van der Waals surface area (Å²) >= 11 is 3.50. The molecule has 0 N–H and O–H groups in total. The van der Waals surface area contributed by atoms with Gasteiger partial charge in [-0.05, 0) is 49.5 Å². The lowest BCUT2D eigenvalue weighted by atomic mass is 10.1. The maximum absolute atomic E-state index is 3.98. The molecule has 0 spiro atoms. The number of hydrogen-bond acceptors (Lipinski definition) is 0. The molecule has 0 bridgehead atoms. The van der Waals surface area contributed by atoms with E-state index in [2.05, 4.69) is 58.3 Å². The molecule has 0 fully saturated rings. The van der Waals surface area contributed by atoms with Crippen LogP contribution >= 0.6 is 15.9 Å². The average Bonchev–Trinajstić information content (AvgIpc) is 2.57. The SMILES string of the molecule is C=Cc1c(C)c2c(n1CCCCBr)C=CC=CC2. The monoisotopic (exact) mass is 305 g/mol. The summed E-state index contributed by atoms with van der Waals surface area (Å²) in [6, 6.07) is 0. The van der Waals surface area contributed by atoms with Crippen molar-refractivity contribution < 1.29 is 0 Å². The molecule has 2 heteroatoms. The zero-order valence-corrected chi connectivity index (χ0v) is 12.5. The first-order chi connectivity index (χ1) is 8.79. The molecule has 96 valence electrons. The van der Waals surface area contributed by atoms with E-state index in [1.807, 2.05) is 6.08 Å². The van der Waals surface area contributed by atoms with E-state index in [9.17, 15) is 0 Å². The number of allylic oxidation sites excluding steroid dienone is 3. The Bertz CT molecular complexity index is 492. The van der Waals surface area contributed by atoms with Crippen LogP contribution in [0.1, 0.15) is 35.4 Å². The van der Waals surface area contributed by atoms with Crippen molar-refractivity contribution in [2.45, 2.75) is 32.7 Å². The second kappa shape index (κ2) is 6.24. The number of rotatable bonds is 5. The fourth-order valence-electron chi connectivity index (χ4n) is 2.57. The first kappa shape index (κ1) is 13.4. The first-order valence-electron chi connectivity index (χ1n) is 6.53. The van der Waals surface area contributed by atoms with Gasteiger partial charge in [-0.25, -0.2) is 0 Å². The standard InChI is InChI=1S/C16H20BrN/c1-3-15-13(2)14-9-5-4-6-10-16(14)18(15)12-8-7-11-17/h3-6,10H,1,7-9,11-12H2,2H3. The topological polar surface area (TPSA) is 4.93 Å². The Morgan fingerprint density at radius 1 is 1.39 bits per heavy atom. The van der Waals surface area contributed by atoms with Crippen molar-refractivity contribution in [1.82, 2.24) is 4.57 Å². The van der Waals surface area contributed by atoms with Gasteiger partial charge in [-0.15, -0.1) is 0 Å². The fraction of sp³-hybridized carbons (Fsp3) is 0.375. The zero-order valence-electron chi connectivity index (χ0n) is 11.0. The maximum Gasteiger partial charge on any atom is 0.0449 e. The van der Waals surface area contributed by atoms with E-state index in [1.165, 1.54) is 35.4 Å². The lowest BCUT2D eigenvalue weighted by molar-refractivity contribution is 0.630. The van der Waals surface area contributed by atoms with Crippen LogP contribution in [-0.4, -0.2) is 9.90 Å². The van der Waals surface area contributed by atoms with Gasteiger partial charge < -0.3 is 4.57 Å². The van der Waals surface area contributed by atoms with Gasteiger partial charge in [0.05, 0.1) is 0 Å². The molecular formula is C16H20BrN. The Kier molecular flexibility index (Phi) is 4.65. The van der Waals surface area contributed by atoms with Crippen LogP contribution in [0.15, 0.2) is 24.8 Å². The molecular weight excluding hydrogens is 286 g/mol. The quantitative estimate of drug-likeness (QED) is 0.547. The van der Waals surface area contributed by atoms with E-state index in [0.29, 0.717) is 0 Å². The van der Waals surface area contributed by atoms with E-state index in [4.69, 9.17) is 0 Å². The zero-order chi connectivity index (χ0) is 13.0. The van der Waals surface area contributed by atoms with Gasteiger partial charge in [-0.3, -0.25) is 0 Å². The predicted molar refractivity (Wildman–Crippen MR) is 84.2 cm³/mol. The molecule has 0 saturated carbocycles.